The van der Waals surface area contributed by atoms with Crippen molar-refractivity contribution in [3.05, 3.63) is 11.6 Å². The molecule has 0 rings (SSSR count). The van der Waals surface area contributed by atoms with Crippen LogP contribution in [0.15, 0.2) is 11.6 Å². The number of rotatable bonds is 4. The average Bonchev–Trinajstić information content (AvgIpc) is 1.79. The summed E-state index contributed by atoms with van der Waals surface area (Å²) in [6, 6.07) is 0. The van der Waals surface area contributed by atoms with Gasteiger partial charge in [-0.2, -0.15) is 8.42 Å². The molecule has 0 aromatic rings. The molecule has 0 aliphatic rings. The Kier molecular flexibility index (Phi) is 4.32. The summed E-state index contributed by atoms with van der Waals surface area (Å²) >= 11 is 0. The predicted molar refractivity (Wildman–Crippen MR) is 42.0 cm³/mol. The van der Waals surface area contributed by atoms with Crippen LogP contribution in [0.3, 0.4) is 0 Å². The van der Waals surface area contributed by atoms with Crippen LogP contribution in [0.2, 0.25) is 0 Å². The molecule has 0 aromatic carbocycles. The predicted octanol–water partition coefficient (Wildman–Crippen LogP) is 0.467. The first-order valence-electron chi connectivity index (χ1n) is 3.05. The van der Waals surface area contributed by atoms with E-state index in [9.17, 15) is 8.42 Å². The smallest absolute Gasteiger partial charge is 0.268 e. The van der Waals surface area contributed by atoms with E-state index in [4.69, 9.17) is 4.55 Å². The molecule has 1 N–H and O–H groups in total. The standard InChI is InChI=1S/C6H12O4S/c1-6(3-4-10-2)5-11(7,8)9/h3H,4-5H2,1-2H3,(H,7,8,9)/b6-3+. The molecule has 0 bridgehead atoms. The summed E-state index contributed by atoms with van der Waals surface area (Å²) in [7, 11) is -2.37. The fourth-order valence-corrected chi connectivity index (χ4v) is 1.27. The van der Waals surface area contributed by atoms with Crippen LogP contribution >= 0.6 is 0 Å². The fraction of sp³-hybridized carbons (Fsp3) is 0.667. The average molecular weight is 180 g/mol. The van der Waals surface area contributed by atoms with E-state index < -0.39 is 10.1 Å². The van der Waals surface area contributed by atoms with Crippen LogP contribution < -0.4 is 0 Å². The summed E-state index contributed by atoms with van der Waals surface area (Å²) in [4.78, 5) is 0. The van der Waals surface area contributed by atoms with Gasteiger partial charge in [-0.15, -0.1) is 0 Å². The Bertz CT molecular complexity index is 227. The first-order chi connectivity index (χ1) is 4.95. The molecule has 66 valence electrons. The minimum atomic E-state index is -3.88. The van der Waals surface area contributed by atoms with Crippen molar-refractivity contribution in [2.75, 3.05) is 19.5 Å². The van der Waals surface area contributed by atoms with Gasteiger partial charge in [0.1, 0.15) is 0 Å². The Morgan fingerprint density at radius 1 is 1.64 bits per heavy atom. The van der Waals surface area contributed by atoms with Gasteiger partial charge in [0.2, 0.25) is 0 Å². The van der Waals surface area contributed by atoms with Crippen molar-refractivity contribution in [2.45, 2.75) is 6.92 Å². The Balaban J connectivity index is 3.97. The van der Waals surface area contributed by atoms with E-state index in [0.29, 0.717) is 12.2 Å². The van der Waals surface area contributed by atoms with Gasteiger partial charge in [-0.1, -0.05) is 11.6 Å². The summed E-state index contributed by atoms with van der Waals surface area (Å²) in [6.07, 6.45) is 1.60. The summed E-state index contributed by atoms with van der Waals surface area (Å²) in [5, 5.41) is 0. The molecule has 5 heteroatoms. The highest BCUT2D eigenvalue weighted by Crippen LogP contribution is 1.96. The van der Waals surface area contributed by atoms with E-state index in [1.165, 1.54) is 7.11 Å². The highest BCUT2D eigenvalue weighted by molar-refractivity contribution is 7.85. The zero-order chi connectivity index (χ0) is 8.91. The van der Waals surface area contributed by atoms with Crippen molar-refractivity contribution in [3.63, 3.8) is 0 Å². The summed E-state index contributed by atoms with van der Waals surface area (Å²) in [5.74, 6) is -0.323. The number of methoxy groups -OCH3 is 1. The second-order valence-electron chi connectivity index (χ2n) is 2.23. The lowest BCUT2D eigenvalue weighted by Crippen LogP contribution is -2.05. The van der Waals surface area contributed by atoms with Crippen LogP contribution in [0.4, 0.5) is 0 Å². The van der Waals surface area contributed by atoms with Crippen molar-refractivity contribution in [3.8, 4) is 0 Å². The minimum absolute atomic E-state index is 0.323. The van der Waals surface area contributed by atoms with Crippen molar-refractivity contribution in [1.82, 2.24) is 0 Å². The maximum absolute atomic E-state index is 10.3. The number of hydrogen-bond acceptors (Lipinski definition) is 3. The van der Waals surface area contributed by atoms with Gasteiger partial charge < -0.3 is 4.74 Å². The lowest BCUT2D eigenvalue weighted by molar-refractivity contribution is 0.233. The Morgan fingerprint density at radius 3 is 2.55 bits per heavy atom. The van der Waals surface area contributed by atoms with Crippen LogP contribution in [-0.4, -0.2) is 32.4 Å². The molecule has 0 fully saturated rings. The fourth-order valence-electron chi connectivity index (χ4n) is 0.572. The van der Waals surface area contributed by atoms with Gasteiger partial charge in [0.05, 0.1) is 12.4 Å². The normalized spacial score (nSPS) is 13.5. The third-order valence-corrected chi connectivity index (χ3v) is 1.83. The minimum Gasteiger partial charge on any atom is -0.381 e. The monoisotopic (exact) mass is 180 g/mol. The molecular formula is C6H12O4S. The van der Waals surface area contributed by atoms with E-state index in [0.717, 1.165) is 0 Å². The first kappa shape index (κ1) is 10.6. The summed E-state index contributed by atoms with van der Waals surface area (Å²) in [5.41, 5.74) is 0.578. The van der Waals surface area contributed by atoms with E-state index in [-0.39, 0.29) is 5.75 Å². The van der Waals surface area contributed by atoms with Gasteiger partial charge in [0.25, 0.3) is 10.1 Å². The maximum atomic E-state index is 10.3. The molecule has 0 amide bonds. The quantitative estimate of drug-likeness (QED) is 0.504. The lowest BCUT2D eigenvalue weighted by atomic mass is 10.3. The van der Waals surface area contributed by atoms with Crippen molar-refractivity contribution in [2.24, 2.45) is 0 Å². The van der Waals surface area contributed by atoms with Gasteiger partial charge in [-0.05, 0) is 6.92 Å². The number of hydrogen-bond donors (Lipinski definition) is 1. The van der Waals surface area contributed by atoms with Crippen LogP contribution in [0.25, 0.3) is 0 Å². The number of ether oxygens (including phenoxy) is 1. The molecular weight excluding hydrogens is 168 g/mol. The second-order valence-corrected chi connectivity index (χ2v) is 3.68. The van der Waals surface area contributed by atoms with Gasteiger partial charge >= 0.3 is 0 Å². The molecule has 0 saturated heterocycles. The van der Waals surface area contributed by atoms with E-state index >= 15 is 0 Å². The molecule has 0 aliphatic heterocycles. The van der Waals surface area contributed by atoms with Gasteiger partial charge in [0, 0.05) is 7.11 Å². The molecule has 4 nitrogen and oxygen atoms in total. The third kappa shape index (κ3) is 7.51. The zero-order valence-corrected chi connectivity index (χ0v) is 7.39. The first-order valence-corrected chi connectivity index (χ1v) is 4.66. The highest BCUT2D eigenvalue weighted by Gasteiger charge is 2.04. The van der Waals surface area contributed by atoms with Crippen LogP contribution in [0, 0.1) is 0 Å². The van der Waals surface area contributed by atoms with E-state index in [1.807, 2.05) is 0 Å². The van der Waals surface area contributed by atoms with Crippen molar-refractivity contribution in [1.29, 1.82) is 0 Å². The highest BCUT2D eigenvalue weighted by atomic mass is 32.2. The molecule has 0 saturated carbocycles. The Hall–Kier alpha value is -0.390. The SMILES string of the molecule is COC/C=C(\C)CS(=O)(=O)O. The summed E-state index contributed by atoms with van der Waals surface area (Å²) < 4.78 is 33.6. The lowest BCUT2D eigenvalue weighted by Gasteiger charge is -1.96. The van der Waals surface area contributed by atoms with Gasteiger partial charge in [-0.25, -0.2) is 0 Å². The Morgan fingerprint density at radius 2 is 2.18 bits per heavy atom. The topological polar surface area (TPSA) is 63.6 Å². The van der Waals surface area contributed by atoms with Crippen LogP contribution in [-0.2, 0) is 14.9 Å². The molecule has 0 radical (unpaired) electrons. The molecule has 0 aliphatic carbocycles. The molecule has 11 heavy (non-hydrogen) atoms. The van der Waals surface area contributed by atoms with Gasteiger partial charge in [0.15, 0.2) is 0 Å². The van der Waals surface area contributed by atoms with Crippen LogP contribution in [0.5, 0.6) is 0 Å². The van der Waals surface area contributed by atoms with E-state index in [2.05, 4.69) is 4.74 Å². The molecule has 0 atom stereocenters. The van der Waals surface area contributed by atoms with Crippen molar-refractivity contribution < 1.29 is 17.7 Å². The zero-order valence-electron chi connectivity index (χ0n) is 6.57. The molecule has 0 spiro atoms. The van der Waals surface area contributed by atoms with Crippen molar-refractivity contribution >= 4 is 10.1 Å². The molecule has 0 heterocycles. The second kappa shape index (κ2) is 4.48. The maximum Gasteiger partial charge on any atom is 0.268 e. The third-order valence-electron chi connectivity index (χ3n) is 1.01. The largest absolute Gasteiger partial charge is 0.381 e. The summed E-state index contributed by atoms with van der Waals surface area (Å²) in [6.45, 7) is 1.98. The van der Waals surface area contributed by atoms with Crippen LogP contribution in [0.1, 0.15) is 6.92 Å². The molecule has 0 unspecified atom stereocenters. The Labute approximate surface area is 66.6 Å². The van der Waals surface area contributed by atoms with E-state index in [1.54, 1.807) is 13.0 Å². The van der Waals surface area contributed by atoms with Gasteiger partial charge in [-0.3, -0.25) is 4.55 Å². The molecule has 0 aromatic heterocycles.